The van der Waals surface area contributed by atoms with Crippen molar-refractivity contribution in [2.24, 2.45) is 0 Å². The van der Waals surface area contributed by atoms with Gasteiger partial charge in [-0.3, -0.25) is 0 Å². The van der Waals surface area contributed by atoms with Gasteiger partial charge in [-0.05, 0) is 25.8 Å². The minimum atomic E-state index is -0.595. The topological polar surface area (TPSA) is 56.6 Å². The zero-order valence-corrected chi connectivity index (χ0v) is 11.1. The van der Waals surface area contributed by atoms with Crippen LogP contribution < -0.4 is 4.90 Å². The lowest BCUT2D eigenvalue weighted by atomic mass is 10.0. The lowest BCUT2D eigenvalue weighted by Gasteiger charge is -2.30. The zero-order valence-electron chi connectivity index (χ0n) is 11.1. The van der Waals surface area contributed by atoms with Crippen LogP contribution in [0.2, 0.25) is 0 Å². The normalized spacial score (nSPS) is 19.8. The summed E-state index contributed by atoms with van der Waals surface area (Å²) in [4.78, 5) is 6.28. The van der Waals surface area contributed by atoms with E-state index in [1.54, 1.807) is 13.1 Å². The van der Waals surface area contributed by atoms with E-state index in [4.69, 9.17) is 0 Å². The van der Waals surface area contributed by atoms with Gasteiger partial charge in [0.05, 0.1) is 11.7 Å². The third kappa shape index (κ3) is 2.82. The molecular formula is C14H22N2O2. The Labute approximate surface area is 108 Å². The molecule has 4 nitrogen and oxygen atoms in total. The Hall–Kier alpha value is -1.13. The van der Waals surface area contributed by atoms with Crippen molar-refractivity contribution in [1.29, 1.82) is 0 Å². The van der Waals surface area contributed by atoms with Gasteiger partial charge in [0.1, 0.15) is 5.82 Å². The number of pyridine rings is 1. The average Bonchev–Trinajstić information content (AvgIpc) is 2.75. The molecule has 1 heterocycles. The molecule has 18 heavy (non-hydrogen) atoms. The summed E-state index contributed by atoms with van der Waals surface area (Å²) < 4.78 is 0. The fraction of sp³-hybridized carbons (Fsp3) is 0.643. The van der Waals surface area contributed by atoms with E-state index in [-0.39, 0.29) is 0 Å². The van der Waals surface area contributed by atoms with E-state index in [9.17, 15) is 10.2 Å². The first kappa shape index (κ1) is 13.3. The number of hydrogen-bond donors (Lipinski definition) is 2. The van der Waals surface area contributed by atoms with Crippen molar-refractivity contribution in [3.63, 3.8) is 0 Å². The Balaban J connectivity index is 2.15. The summed E-state index contributed by atoms with van der Waals surface area (Å²) >= 11 is 0. The first-order chi connectivity index (χ1) is 8.52. The van der Waals surface area contributed by atoms with E-state index in [2.05, 4.69) is 4.98 Å². The minimum Gasteiger partial charge on any atom is -0.389 e. The number of anilines is 1. The summed E-state index contributed by atoms with van der Waals surface area (Å²) in [7, 11) is 1.92. The maximum absolute atomic E-state index is 10.4. The van der Waals surface area contributed by atoms with Crippen LogP contribution >= 0.6 is 0 Å². The van der Waals surface area contributed by atoms with Crippen molar-refractivity contribution in [1.82, 2.24) is 4.98 Å². The van der Waals surface area contributed by atoms with Gasteiger partial charge < -0.3 is 15.1 Å². The minimum absolute atomic E-state index is 0.547. The molecule has 1 saturated carbocycles. The molecule has 0 spiro atoms. The van der Waals surface area contributed by atoms with Crippen LogP contribution in [0.15, 0.2) is 18.3 Å². The number of nitrogens with zero attached hydrogens (tertiary/aromatic N) is 2. The molecule has 1 aromatic heterocycles. The van der Waals surface area contributed by atoms with Gasteiger partial charge in [0.25, 0.3) is 0 Å². The maximum atomic E-state index is 10.4. The number of likely N-dealkylation sites (N-methyl/N-ethyl adjacent to an activating group) is 1. The van der Waals surface area contributed by atoms with Gasteiger partial charge in [-0.15, -0.1) is 0 Å². The molecule has 4 heteroatoms. The molecule has 0 radical (unpaired) electrons. The van der Waals surface area contributed by atoms with Gasteiger partial charge in [0, 0.05) is 25.4 Å². The molecule has 0 amide bonds. The van der Waals surface area contributed by atoms with E-state index >= 15 is 0 Å². The van der Waals surface area contributed by atoms with Crippen molar-refractivity contribution >= 4 is 5.82 Å². The Bertz CT molecular complexity index is 401. The van der Waals surface area contributed by atoms with Gasteiger partial charge in [0.2, 0.25) is 0 Å². The highest BCUT2D eigenvalue weighted by Crippen LogP contribution is 2.32. The molecule has 0 aliphatic heterocycles. The molecule has 1 unspecified atom stereocenters. The second kappa shape index (κ2) is 5.24. The van der Waals surface area contributed by atoms with E-state index in [0.29, 0.717) is 6.54 Å². The van der Waals surface area contributed by atoms with Crippen LogP contribution in [0.5, 0.6) is 0 Å². The lowest BCUT2D eigenvalue weighted by molar-refractivity contribution is 0.0556. The Kier molecular flexibility index (Phi) is 3.88. The molecule has 2 rings (SSSR count). The number of aromatic nitrogens is 1. The summed E-state index contributed by atoms with van der Waals surface area (Å²) in [5, 5.41) is 20.2. The highest BCUT2D eigenvalue weighted by molar-refractivity contribution is 5.47. The van der Waals surface area contributed by atoms with E-state index in [0.717, 1.165) is 37.1 Å². The summed E-state index contributed by atoms with van der Waals surface area (Å²) in [6.45, 7) is 2.31. The fourth-order valence-corrected chi connectivity index (χ4v) is 2.76. The largest absolute Gasteiger partial charge is 0.389 e. The molecule has 100 valence electrons. The van der Waals surface area contributed by atoms with Gasteiger partial charge in [-0.2, -0.15) is 0 Å². The lowest BCUT2D eigenvalue weighted by Crippen LogP contribution is -2.40. The SMILES string of the molecule is CC(O)c1cccnc1N(C)CC1(O)CCCC1. The van der Waals surface area contributed by atoms with Crippen LogP contribution in [0.25, 0.3) is 0 Å². The van der Waals surface area contributed by atoms with Crippen molar-refractivity contribution in [3.05, 3.63) is 23.9 Å². The number of hydrogen-bond acceptors (Lipinski definition) is 4. The highest BCUT2D eigenvalue weighted by Gasteiger charge is 2.33. The van der Waals surface area contributed by atoms with Crippen LogP contribution in [0.4, 0.5) is 5.82 Å². The molecule has 2 N–H and O–H groups in total. The van der Waals surface area contributed by atoms with Gasteiger partial charge in [-0.25, -0.2) is 4.98 Å². The quantitative estimate of drug-likeness (QED) is 0.856. The zero-order chi connectivity index (χ0) is 13.2. The molecule has 0 bridgehead atoms. The molecule has 1 aromatic rings. The summed E-state index contributed by atoms with van der Waals surface area (Å²) in [6, 6.07) is 3.70. The summed E-state index contributed by atoms with van der Waals surface area (Å²) in [5.41, 5.74) is 0.212. The van der Waals surface area contributed by atoms with E-state index < -0.39 is 11.7 Å². The predicted molar refractivity (Wildman–Crippen MR) is 71.6 cm³/mol. The Morgan fingerprint density at radius 2 is 2.11 bits per heavy atom. The Morgan fingerprint density at radius 1 is 1.44 bits per heavy atom. The smallest absolute Gasteiger partial charge is 0.134 e. The van der Waals surface area contributed by atoms with Crippen LogP contribution in [0.3, 0.4) is 0 Å². The first-order valence-corrected chi connectivity index (χ1v) is 6.58. The van der Waals surface area contributed by atoms with Gasteiger partial charge >= 0.3 is 0 Å². The standard InChI is InChI=1S/C14H22N2O2/c1-11(17)12-6-5-9-15-13(12)16(2)10-14(18)7-3-4-8-14/h5-6,9,11,17-18H,3-4,7-8,10H2,1-2H3. The van der Waals surface area contributed by atoms with Crippen LogP contribution in [0, 0.1) is 0 Å². The highest BCUT2D eigenvalue weighted by atomic mass is 16.3. The molecule has 0 saturated heterocycles. The third-order valence-corrected chi connectivity index (χ3v) is 3.69. The average molecular weight is 250 g/mol. The summed E-state index contributed by atoms with van der Waals surface area (Å²) in [5.74, 6) is 0.757. The second-order valence-corrected chi connectivity index (χ2v) is 5.38. The van der Waals surface area contributed by atoms with Crippen LogP contribution in [-0.2, 0) is 0 Å². The number of aliphatic hydroxyl groups is 2. The molecule has 0 aromatic carbocycles. The predicted octanol–water partition coefficient (Wildman–Crippen LogP) is 1.88. The monoisotopic (exact) mass is 250 g/mol. The molecule has 1 aliphatic carbocycles. The van der Waals surface area contributed by atoms with E-state index in [1.807, 2.05) is 24.1 Å². The van der Waals surface area contributed by atoms with Crippen molar-refractivity contribution in [2.45, 2.75) is 44.3 Å². The van der Waals surface area contributed by atoms with Crippen molar-refractivity contribution in [2.75, 3.05) is 18.5 Å². The molecular weight excluding hydrogens is 228 g/mol. The molecule has 1 aliphatic rings. The molecule has 1 fully saturated rings. The summed E-state index contributed by atoms with van der Waals surface area (Å²) in [6.07, 6.45) is 5.07. The number of rotatable bonds is 4. The maximum Gasteiger partial charge on any atom is 0.134 e. The second-order valence-electron chi connectivity index (χ2n) is 5.38. The van der Waals surface area contributed by atoms with Crippen molar-refractivity contribution < 1.29 is 10.2 Å². The van der Waals surface area contributed by atoms with Crippen LogP contribution in [-0.4, -0.2) is 34.4 Å². The molecule has 1 atom stereocenters. The van der Waals surface area contributed by atoms with E-state index in [1.165, 1.54) is 0 Å². The van der Waals surface area contributed by atoms with Gasteiger partial charge in [0.15, 0.2) is 0 Å². The van der Waals surface area contributed by atoms with Gasteiger partial charge in [-0.1, -0.05) is 18.9 Å². The fourth-order valence-electron chi connectivity index (χ4n) is 2.76. The van der Waals surface area contributed by atoms with Crippen molar-refractivity contribution in [3.8, 4) is 0 Å². The van der Waals surface area contributed by atoms with Crippen LogP contribution in [0.1, 0.15) is 44.3 Å². The third-order valence-electron chi connectivity index (χ3n) is 3.69. The number of aliphatic hydroxyl groups excluding tert-OH is 1. The first-order valence-electron chi connectivity index (χ1n) is 6.58. The Morgan fingerprint density at radius 3 is 2.72 bits per heavy atom.